The zero-order valence-corrected chi connectivity index (χ0v) is 5.26. The second kappa shape index (κ2) is 3.00. The molecule has 0 aromatic heterocycles. The molecule has 1 heterocycles. The average molecular weight is 140 g/mol. The Labute approximate surface area is 58.0 Å². The highest BCUT2D eigenvalue weighted by Crippen LogP contribution is 1.88. The first kappa shape index (κ1) is 6.80. The summed E-state index contributed by atoms with van der Waals surface area (Å²) < 4.78 is 0. The second-order valence-corrected chi connectivity index (χ2v) is 1.83. The van der Waals surface area contributed by atoms with Gasteiger partial charge in [0.1, 0.15) is 0 Å². The van der Waals surface area contributed by atoms with Gasteiger partial charge in [0.15, 0.2) is 5.84 Å². The molecule has 1 unspecified atom stereocenters. The Hall–Kier alpha value is -1.32. The van der Waals surface area contributed by atoms with E-state index in [0.717, 1.165) is 0 Å². The van der Waals surface area contributed by atoms with Gasteiger partial charge >= 0.3 is 0 Å². The number of hydrazine groups is 2. The molecule has 0 aliphatic carbocycles. The molecule has 5 N–H and O–H groups in total. The predicted molar refractivity (Wildman–Crippen MR) is 35.0 cm³/mol. The van der Waals surface area contributed by atoms with E-state index in [1.165, 1.54) is 0 Å². The third-order valence-corrected chi connectivity index (χ3v) is 1.09. The summed E-state index contributed by atoms with van der Waals surface area (Å²) in [5.74, 6) is 0.557. The van der Waals surface area contributed by atoms with Crippen LogP contribution in [0.5, 0.6) is 0 Å². The Kier molecular flexibility index (Phi) is 2.04. The summed E-state index contributed by atoms with van der Waals surface area (Å²) in [5.41, 5.74) is 13.1. The number of hydrogen-bond donors (Lipinski definition) is 4. The van der Waals surface area contributed by atoms with E-state index >= 15 is 0 Å². The average Bonchev–Trinajstić information content (AvgIpc) is 2.38. The van der Waals surface area contributed by atoms with Gasteiger partial charge in [-0.25, -0.2) is 5.53 Å². The lowest BCUT2D eigenvalue weighted by Gasteiger charge is -2.04. The summed E-state index contributed by atoms with van der Waals surface area (Å²) in [7, 11) is 0. The summed E-state index contributed by atoms with van der Waals surface area (Å²) in [6.45, 7) is 0. The summed E-state index contributed by atoms with van der Waals surface area (Å²) in [6, 6.07) is 1.60. The zero-order valence-electron chi connectivity index (χ0n) is 5.26. The lowest BCUT2D eigenvalue weighted by atomic mass is 10.2. The van der Waals surface area contributed by atoms with Gasteiger partial charge in [-0.05, 0) is 0 Å². The highest BCUT2D eigenvalue weighted by atomic mass is 15.8. The largest absolute Gasteiger partial charge is 0.320 e. The number of nitrogens with one attached hydrogen (secondary N) is 3. The summed E-state index contributed by atoms with van der Waals surface area (Å²) in [4.78, 5) is 0. The van der Waals surface area contributed by atoms with Crippen LogP contribution in [0, 0.1) is 11.3 Å². The first-order chi connectivity index (χ1) is 4.84. The maximum Gasteiger partial charge on any atom is 0.157 e. The number of rotatable bonds is 2. The van der Waals surface area contributed by atoms with Crippen LogP contribution in [0.4, 0.5) is 0 Å². The predicted octanol–water partition coefficient (Wildman–Crippen LogP) is -1.85. The maximum absolute atomic E-state index is 8.24. The van der Waals surface area contributed by atoms with Crippen LogP contribution >= 0.6 is 0 Å². The monoisotopic (exact) mass is 140 g/mol. The molecule has 1 aliphatic heterocycles. The Morgan fingerprint density at radius 3 is 3.10 bits per heavy atom. The van der Waals surface area contributed by atoms with Gasteiger partial charge in [0.05, 0.1) is 18.5 Å². The van der Waals surface area contributed by atoms with E-state index in [1.54, 1.807) is 0 Å². The van der Waals surface area contributed by atoms with Crippen molar-refractivity contribution in [3.63, 3.8) is 0 Å². The van der Waals surface area contributed by atoms with Crippen LogP contribution < -0.4 is 22.2 Å². The lowest BCUT2D eigenvalue weighted by Crippen LogP contribution is -2.43. The molecule has 0 amide bonds. The van der Waals surface area contributed by atoms with E-state index in [4.69, 9.17) is 11.0 Å². The van der Waals surface area contributed by atoms with Crippen molar-refractivity contribution in [2.24, 2.45) is 10.8 Å². The minimum atomic E-state index is -0.340. The van der Waals surface area contributed by atoms with Gasteiger partial charge in [0.25, 0.3) is 0 Å². The van der Waals surface area contributed by atoms with Crippen LogP contribution in [0.2, 0.25) is 0 Å². The van der Waals surface area contributed by atoms with Gasteiger partial charge in [0, 0.05) is 0 Å². The van der Waals surface area contributed by atoms with Crippen molar-refractivity contribution in [2.75, 3.05) is 0 Å². The van der Waals surface area contributed by atoms with Gasteiger partial charge in [-0.15, -0.1) is 10.6 Å². The first-order valence-electron chi connectivity index (χ1n) is 2.80. The fraction of sp³-hybridized carbons (Fsp3) is 0.500. The second-order valence-electron chi connectivity index (χ2n) is 1.83. The SMILES string of the molecule is N#CCC(N)C1=NNNN1. The van der Waals surface area contributed by atoms with Crippen LogP contribution in [0.1, 0.15) is 6.42 Å². The third kappa shape index (κ3) is 1.34. The van der Waals surface area contributed by atoms with E-state index < -0.39 is 0 Å². The van der Waals surface area contributed by atoms with Gasteiger partial charge in [-0.1, -0.05) is 0 Å². The molecule has 0 saturated heterocycles. The Morgan fingerprint density at radius 1 is 1.80 bits per heavy atom. The lowest BCUT2D eigenvalue weighted by molar-refractivity contribution is 0.575. The van der Waals surface area contributed by atoms with E-state index in [-0.39, 0.29) is 12.5 Å². The Balaban J connectivity index is 2.41. The number of hydrazone groups is 1. The zero-order chi connectivity index (χ0) is 7.40. The molecular weight excluding hydrogens is 132 g/mol. The van der Waals surface area contributed by atoms with Crippen molar-refractivity contribution in [3.05, 3.63) is 0 Å². The summed E-state index contributed by atoms with van der Waals surface area (Å²) >= 11 is 0. The number of amidine groups is 1. The first-order valence-corrected chi connectivity index (χ1v) is 2.80. The van der Waals surface area contributed by atoms with Gasteiger partial charge in [-0.3, -0.25) is 5.43 Å². The molecule has 1 rings (SSSR count). The van der Waals surface area contributed by atoms with Crippen LogP contribution in [0.15, 0.2) is 5.10 Å². The number of nitrogens with zero attached hydrogens (tertiary/aromatic N) is 2. The molecule has 0 fully saturated rings. The van der Waals surface area contributed by atoms with Gasteiger partial charge in [0.2, 0.25) is 0 Å². The van der Waals surface area contributed by atoms with Crippen molar-refractivity contribution in [1.29, 1.82) is 5.26 Å². The molecule has 1 atom stereocenters. The Bertz CT molecular complexity index is 179. The Morgan fingerprint density at radius 2 is 2.60 bits per heavy atom. The van der Waals surface area contributed by atoms with E-state index in [9.17, 15) is 0 Å². The molecule has 0 aromatic carbocycles. The molecule has 54 valence electrons. The molecule has 6 nitrogen and oxygen atoms in total. The van der Waals surface area contributed by atoms with Crippen LogP contribution in [0.25, 0.3) is 0 Å². The fourth-order valence-electron chi connectivity index (χ4n) is 0.579. The number of nitriles is 1. The van der Waals surface area contributed by atoms with Crippen molar-refractivity contribution in [2.45, 2.75) is 12.5 Å². The molecule has 6 heteroatoms. The molecule has 1 aliphatic rings. The van der Waals surface area contributed by atoms with Crippen molar-refractivity contribution < 1.29 is 0 Å². The molecule has 0 aromatic rings. The van der Waals surface area contributed by atoms with Crippen molar-refractivity contribution >= 4 is 5.84 Å². The molecular formula is C4H8N6. The van der Waals surface area contributed by atoms with E-state index in [1.807, 2.05) is 6.07 Å². The highest BCUT2D eigenvalue weighted by molar-refractivity contribution is 5.87. The van der Waals surface area contributed by atoms with Gasteiger partial charge < -0.3 is 5.73 Å². The smallest absolute Gasteiger partial charge is 0.157 e. The molecule has 0 spiro atoms. The van der Waals surface area contributed by atoms with Crippen molar-refractivity contribution in [3.8, 4) is 6.07 Å². The van der Waals surface area contributed by atoms with E-state index in [2.05, 4.69) is 21.6 Å². The van der Waals surface area contributed by atoms with Crippen LogP contribution in [-0.2, 0) is 0 Å². The van der Waals surface area contributed by atoms with E-state index in [0.29, 0.717) is 5.84 Å². The topological polar surface area (TPSA) is 98.3 Å². The summed E-state index contributed by atoms with van der Waals surface area (Å²) in [5, 5.41) is 12.0. The third-order valence-electron chi connectivity index (χ3n) is 1.09. The highest BCUT2D eigenvalue weighted by Gasteiger charge is 2.12. The standard InChI is InChI=1S/C4H8N6/c5-2-1-3(6)4-7-9-10-8-4/h3,9-10H,1,6H2,(H,7,8). The normalized spacial score (nSPS) is 18.2. The molecule has 10 heavy (non-hydrogen) atoms. The minimum Gasteiger partial charge on any atom is -0.320 e. The minimum absolute atomic E-state index is 0.259. The maximum atomic E-state index is 8.24. The quantitative estimate of drug-likeness (QED) is 0.361. The summed E-state index contributed by atoms with van der Waals surface area (Å²) in [6.07, 6.45) is 0.259. The molecule has 0 radical (unpaired) electrons. The number of nitrogens with two attached hydrogens (primary N) is 1. The molecule has 0 saturated carbocycles. The number of hydrogen-bond acceptors (Lipinski definition) is 6. The van der Waals surface area contributed by atoms with Crippen LogP contribution in [0.3, 0.4) is 0 Å². The molecule has 0 bridgehead atoms. The van der Waals surface area contributed by atoms with Gasteiger partial charge in [-0.2, -0.15) is 5.26 Å². The van der Waals surface area contributed by atoms with Crippen LogP contribution in [-0.4, -0.2) is 11.9 Å². The fourth-order valence-corrected chi connectivity index (χ4v) is 0.579. The van der Waals surface area contributed by atoms with Crippen molar-refractivity contribution in [1.82, 2.24) is 16.5 Å².